The maximum absolute atomic E-state index is 12.5. The van der Waals surface area contributed by atoms with Crippen molar-refractivity contribution in [1.29, 1.82) is 0 Å². The van der Waals surface area contributed by atoms with Gasteiger partial charge in [0.05, 0.1) is 0 Å². The van der Waals surface area contributed by atoms with Crippen molar-refractivity contribution >= 4 is 23.5 Å². The first-order valence-electron chi connectivity index (χ1n) is 7.84. The number of nitrogens with two attached hydrogens (primary N) is 1. The lowest BCUT2D eigenvalue weighted by molar-refractivity contribution is -0.122. The van der Waals surface area contributed by atoms with Gasteiger partial charge in [-0.15, -0.1) is 0 Å². The van der Waals surface area contributed by atoms with E-state index in [0.29, 0.717) is 5.41 Å². The lowest BCUT2D eigenvalue weighted by Gasteiger charge is -2.37. The van der Waals surface area contributed by atoms with Crippen molar-refractivity contribution in [2.24, 2.45) is 16.5 Å². The first-order chi connectivity index (χ1) is 10.2. The topological polar surface area (TPSA) is 68.0 Å². The molecule has 2 saturated carbocycles. The molecule has 2 fully saturated rings. The predicted molar refractivity (Wildman–Crippen MR) is 85.8 cm³/mol. The van der Waals surface area contributed by atoms with E-state index in [1.807, 2.05) is 12.1 Å². The lowest BCUT2D eigenvalue weighted by atomic mass is 9.68. The number of pyridine rings is 1. The quantitative estimate of drug-likeness (QED) is 0.835. The maximum Gasteiger partial charge on any atom is 0.227 e. The molecule has 0 saturated heterocycles. The van der Waals surface area contributed by atoms with Gasteiger partial charge in [-0.2, -0.15) is 0 Å². The van der Waals surface area contributed by atoms with Gasteiger partial charge >= 0.3 is 0 Å². The number of hydrogen-bond acceptors (Lipinski definition) is 4. The molecule has 2 aliphatic carbocycles. The van der Waals surface area contributed by atoms with Gasteiger partial charge in [-0.3, -0.25) is 9.93 Å². The van der Waals surface area contributed by atoms with Crippen LogP contribution in [0, 0.1) is 11.3 Å². The van der Waals surface area contributed by atoms with Crippen LogP contribution >= 0.6 is 11.9 Å². The van der Waals surface area contributed by atoms with E-state index in [2.05, 4.69) is 10.3 Å². The number of carbonyl (C=O) groups is 1. The molecule has 2 aliphatic rings. The third kappa shape index (κ3) is 3.40. The first kappa shape index (κ1) is 14.9. The van der Waals surface area contributed by atoms with Crippen molar-refractivity contribution in [2.75, 3.05) is 5.32 Å². The molecule has 0 radical (unpaired) electrons. The molecule has 1 heterocycles. The van der Waals surface area contributed by atoms with Gasteiger partial charge in [-0.1, -0.05) is 19.3 Å². The Balaban J connectivity index is 1.64. The third-order valence-electron chi connectivity index (χ3n) is 5.10. The van der Waals surface area contributed by atoms with E-state index in [0.717, 1.165) is 35.5 Å². The van der Waals surface area contributed by atoms with Gasteiger partial charge in [0.25, 0.3) is 0 Å². The van der Waals surface area contributed by atoms with Crippen LogP contribution < -0.4 is 10.5 Å². The molecular formula is C16H23N3OS. The Hall–Kier alpha value is -1.07. The van der Waals surface area contributed by atoms with Crippen molar-refractivity contribution in [3.05, 3.63) is 18.3 Å². The van der Waals surface area contributed by atoms with Crippen molar-refractivity contribution in [3.63, 3.8) is 0 Å². The van der Waals surface area contributed by atoms with Gasteiger partial charge in [-0.25, -0.2) is 4.98 Å². The molecule has 21 heavy (non-hydrogen) atoms. The first-order valence-corrected chi connectivity index (χ1v) is 8.72. The Bertz CT molecular complexity index is 514. The maximum atomic E-state index is 12.5. The minimum atomic E-state index is 0.166. The predicted octanol–water partition coefficient (Wildman–Crippen LogP) is 3.74. The summed E-state index contributed by atoms with van der Waals surface area (Å²) in [6.45, 7) is 0. The minimum Gasteiger partial charge on any atom is -0.326 e. The normalized spacial score (nSPS) is 24.1. The van der Waals surface area contributed by atoms with Gasteiger partial charge in [0.1, 0.15) is 5.03 Å². The monoisotopic (exact) mass is 305 g/mol. The van der Waals surface area contributed by atoms with E-state index in [1.54, 1.807) is 6.20 Å². The summed E-state index contributed by atoms with van der Waals surface area (Å²) >= 11 is 1.10. The Morgan fingerprint density at radius 3 is 2.86 bits per heavy atom. The zero-order chi connectivity index (χ0) is 14.7. The largest absolute Gasteiger partial charge is 0.326 e. The Morgan fingerprint density at radius 2 is 2.10 bits per heavy atom. The summed E-state index contributed by atoms with van der Waals surface area (Å²) in [6, 6.07) is 3.66. The molecule has 0 aliphatic heterocycles. The van der Waals surface area contributed by atoms with Crippen LogP contribution in [0.4, 0.5) is 5.69 Å². The molecule has 1 amide bonds. The van der Waals surface area contributed by atoms with Gasteiger partial charge in [-0.05, 0) is 61.6 Å². The van der Waals surface area contributed by atoms with Gasteiger partial charge in [0.2, 0.25) is 5.91 Å². The smallest absolute Gasteiger partial charge is 0.227 e. The number of anilines is 1. The van der Waals surface area contributed by atoms with E-state index in [9.17, 15) is 4.79 Å². The van der Waals surface area contributed by atoms with Crippen molar-refractivity contribution in [2.45, 2.75) is 56.4 Å². The van der Waals surface area contributed by atoms with Crippen LogP contribution in [0.1, 0.15) is 51.4 Å². The average Bonchev–Trinajstić information content (AvgIpc) is 2.95. The molecule has 0 bridgehead atoms. The van der Waals surface area contributed by atoms with Crippen LogP contribution in [0.2, 0.25) is 0 Å². The van der Waals surface area contributed by atoms with Gasteiger partial charge in [0, 0.05) is 17.8 Å². The third-order valence-corrected chi connectivity index (χ3v) is 5.56. The molecule has 5 heteroatoms. The van der Waals surface area contributed by atoms with Crippen molar-refractivity contribution in [1.82, 2.24) is 4.98 Å². The van der Waals surface area contributed by atoms with E-state index >= 15 is 0 Å². The number of rotatable bonds is 3. The second-order valence-electron chi connectivity index (χ2n) is 6.49. The SMILES string of the molecule is NSc1cc(NC(=O)C2CCCC3(CCCC3)C2)ccn1. The number of carbonyl (C=O) groups excluding carboxylic acids is 1. The van der Waals surface area contributed by atoms with Crippen molar-refractivity contribution in [3.8, 4) is 0 Å². The molecule has 4 nitrogen and oxygen atoms in total. The molecule has 1 aromatic heterocycles. The summed E-state index contributed by atoms with van der Waals surface area (Å²) in [6.07, 6.45) is 11.6. The van der Waals surface area contributed by atoms with Gasteiger partial charge < -0.3 is 5.32 Å². The van der Waals surface area contributed by atoms with Crippen LogP contribution in [0.5, 0.6) is 0 Å². The Kier molecular flexibility index (Phi) is 4.50. The van der Waals surface area contributed by atoms with Crippen LogP contribution in [0.3, 0.4) is 0 Å². The Labute approximate surface area is 130 Å². The Morgan fingerprint density at radius 1 is 1.33 bits per heavy atom. The fraction of sp³-hybridized carbons (Fsp3) is 0.625. The zero-order valence-corrected chi connectivity index (χ0v) is 13.1. The number of hydrogen-bond donors (Lipinski definition) is 2. The number of nitrogens with one attached hydrogen (secondary N) is 1. The zero-order valence-electron chi connectivity index (χ0n) is 12.3. The van der Waals surface area contributed by atoms with Crippen LogP contribution in [-0.2, 0) is 4.79 Å². The molecule has 3 rings (SSSR count). The summed E-state index contributed by atoms with van der Waals surface area (Å²) in [7, 11) is 0. The molecule has 1 atom stereocenters. The van der Waals surface area contributed by atoms with Crippen LogP contribution in [0.15, 0.2) is 23.4 Å². The second kappa shape index (κ2) is 6.36. The second-order valence-corrected chi connectivity index (χ2v) is 7.14. The summed E-state index contributed by atoms with van der Waals surface area (Å²) in [5, 5.41) is 9.28. The number of aromatic nitrogens is 1. The highest BCUT2D eigenvalue weighted by Crippen LogP contribution is 2.50. The molecule has 3 N–H and O–H groups in total. The molecule has 0 aromatic carbocycles. The summed E-state index contributed by atoms with van der Waals surface area (Å²) in [5.41, 5.74) is 1.27. The van der Waals surface area contributed by atoms with E-state index < -0.39 is 0 Å². The molecule has 1 unspecified atom stereocenters. The molecule has 1 spiro atoms. The van der Waals surface area contributed by atoms with Gasteiger partial charge in [0.15, 0.2) is 0 Å². The summed E-state index contributed by atoms with van der Waals surface area (Å²) < 4.78 is 0. The standard InChI is InChI=1S/C16H23N3OS/c17-21-14-10-13(5-9-18-14)19-15(20)12-4-3-8-16(11-12)6-1-2-7-16/h5,9-10,12H,1-4,6-8,11,17H2,(H,18,19,20). The highest BCUT2D eigenvalue weighted by molar-refractivity contribution is 7.97. The summed E-state index contributed by atoms with van der Waals surface area (Å²) in [5.74, 6) is 0.333. The van der Waals surface area contributed by atoms with Crippen LogP contribution in [0.25, 0.3) is 0 Å². The highest BCUT2D eigenvalue weighted by atomic mass is 32.2. The average molecular weight is 305 g/mol. The molecular weight excluding hydrogens is 282 g/mol. The highest BCUT2D eigenvalue weighted by Gasteiger charge is 2.40. The fourth-order valence-corrected chi connectivity index (χ4v) is 4.37. The fourth-order valence-electron chi connectivity index (χ4n) is 4.05. The lowest BCUT2D eigenvalue weighted by Crippen LogP contribution is -2.33. The van der Waals surface area contributed by atoms with E-state index in [4.69, 9.17) is 5.14 Å². The van der Waals surface area contributed by atoms with Crippen molar-refractivity contribution < 1.29 is 4.79 Å². The molecule has 1 aromatic rings. The number of amides is 1. The number of nitrogens with zero attached hydrogens (tertiary/aromatic N) is 1. The van der Waals surface area contributed by atoms with E-state index in [-0.39, 0.29) is 11.8 Å². The summed E-state index contributed by atoms with van der Waals surface area (Å²) in [4.78, 5) is 16.7. The molecule has 114 valence electrons. The minimum absolute atomic E-state index is 0.166. The van der Waals surface area contributed by atoms with E-state index in [1.165, 1.54) is 38.5 Å². The van der Waals surface area contributed by atoms with Crippen LogP contribution in [-0.4, -0.2) is 10.9 Å².